The third-order valence-corrected chi connectivity index (χ3v) is 2.29. The first-order valence-electron chi connectivity index (χ1n) is 4.50. The lowest BCUT2D eigenvalue weighted by molar-refractivity contribution is 0.102. The highest BCUT2D eigenvalue weighted by molar-refractivity contribution is 6.33. The predicted octanol–water partition coefficient (Wildman–Crippen LogP) is 1.61. The topological polar surface area (TPSA) is 77.8 Å². The van der Waals surface area contributed by atoms with E-state index in [1.54, 1.807) is 24.3 Å². The second kappa shape index (κ2) is 4.24. The lowest BCUT2D eigenvalue weighted by Crippen LogP contribution is -2.12. The summed E-state index contributed by atoms with van der Waals surface area (Å²) in [5.74, 6) is -0.425. The number of hydrogen-bond donors (Lipinski definition) is 3. The van der Waals surface area contributed by atoms with Crippen molar-refractivity contribution in [2.24, 2.45) is 0 Å². The van der Waals surface area contributed by atoms with Gasteiger partial charge in [-0.1, -0.05) is 23.7 Å². The fourth-order valence-electron chi connectivity index (χ4n) is 1.21. The summed E-state index contributed by atoms with van der Waals surface area (Å²) in [4.78, 5) is 22.4. The highest BCUT2D eigenvalue weighted by Gasteiger charge is 2.09. The summed E-state index contributed by atoms with van der Waals surface area (Å²) in [6.07, 6.45) is 0. The Morgan fingerprint density at radius 3 is 2.62 bits per heavy atom. The molecule has 0 atom stereocenters. The van der Waals surface area contributed by atoms with E-state index in [-0.39, 0.29) is 11.3 Å². The number of rotatable bonds is 2. The normalized spacial score (nSPS) is 10.1. The van der Waals surface area contributed by atoms with Crippen molar-refractivity contribution >= 4 is 23.2 Å². The van der Waals surface area contributed by atoms with Gasteiger partial charge in [0.15, 0.2) is 0 Å². The van der Waals surface area contributed by atoms with E-state index in [0.717, 1.165) is 0 Å². The third-order valence-electron chi connectivity index (χ3n) is 1.96. The number of aromatic amines is 2. The smallest absolute Gasteiger partial charge is 0.273 e. The maximum absolute atomic E-state index is 11.6. The van der Waals surface area contributed by atoms with Crippen molar-refractivity contribution in [3.63, 3.8) is 0 Å². The van der Waals surface area contributed by atoms with E-state index < -0.39 is 5.91 Å². The predicted molar refractivity (Wildman–Crippen MR) is 60.8 cm³/mol. The van der Waals surface area contributed by atoms with Gasteiger partial charge in [-0.2, -0.15) is 0 Å². The molecule has 1 amide bonds. The first-order valence-corrected chi connectivity index (χ1v) is 4.88. The van der Waals surface area contributed by atoms with Crippen LogP contribution in [0.5, 0.6) is 0 Å². The number of benzene rings is 1. The molecule has 5 nitrogen and oxygen atoms in total. The minimum absolute atomic E-state index is 0.157. The molecule has 0 saturated carbocycles. The van der Waals surface area contributed by atoms with Gasteiger partial charge in [0.05, 0.1) is 10.7 Å². The highest BCUT2D eigenvalue weighted by atomic mass is 35.5. The van der Waals surface area contributed by atoms with E-state index in [1.165, 1.54) is 6.07 Å². The Bertz CT molecular complexity index is 573. The maximum Gasteiger partial charge on any atom is 0.273 e. The Morgan fingerprint density at radius 1 is 1.25 bits per heavy atom. The molecule has 0 spiro atoms. The number of anilines is 1. The van der Waals surface area contributed by atoms with Gasteiger partial charge in [0.1, 0.15) is 5.69 Å². The van der Waals surface area contributed by atoms with Crippen LogP contribution in [0.1, 0.15) is 10.5 Å². The minimum atomic E-state index is -0.425. The van der Waals surface area contributed by atoms with E-state index in [1.807, 2.05) is 0 Å². The van der Waals surface area contributed by atoms with Crippen LogP contribution in [-0.4, -0.2) is 16.1 Å². The zero-order chi connectivity index (χ0) is 11.5. The summed E-state index contributed by atoms with van der Waals surface area (Å²) in [5, 5.41) is 7.75. The van der Waals surface area contributed by atoms with Crippen LogP contribution >= 0.6 is 11.6 Å². The van der Waals surface area contributed by atoms with Crippen LogP contribution in [0.3, 0.4) is 0 Å². The van der Waals surface area contributed by atoms with Gasteiger partial charge >= 0.3 is 0 Å². The van der Waals surface area contributed by atoms with E-state index in [2.05, 4.69) is 15.5 Å². The first-order chi connectivity index (χ1) is 7.66. The molecule has 6 heteroatoms. The van der Waals surface area contributed by atoms with Crippen LogP contribution in [0.2, 0.25) is 5.02 Å². The number of para-hydroxylation sites is 1. The van der Waals surface area contributed by atoms with Crippen molar-refractivity contribution in [2.75, 3.05) is 5.32 Å². The van der Waals surface area contributed by atoms with Gasteiger partial charge < -0.3 is 5.32 Å². The lowest BCUT2D eigenvalue weighted by atomic mass is 10.3. The van der Waals surface area contributed by atoms with E-state index in [0.29, 0.717) is 10.7 Å². The van der Waals surface area contributed by atoms with Crippen LogP contribution in [0.4, 0.5) is 5.69 Å². The zero-order valence-corrected chi connectivity index (χ0v) is 8.84. The minimum Gasteiger partial charge on any atom is -0.319 e. The average Bonchev–Trinajstić information content (AvgIpc) is 2.68. The van der Waals surface area contributed by atoms with Gasteiger partial charge in [0, 0.05) is 6.07 Å². The summed E-state index contributed by atoms with van der Waals surface area (Å²) >= 11 is 5.87. The summed E-state index contributed by atoms with van der Waals surface area (Å²) in [6.45, 7) is 0. The molecule has 0 aliphatic carbocycles. The van der Waals surface area contributed by atoms with Crippen LogP contribution < -0.4 is 10.9 Å². The molecule has 1 heterocycles. The molecule has 0 saturated heterocycles. The largest absolute Gasteiger partial charge is 0.319 e. The van der Waals surface area contributed by atoms with Crippen LogP contribution in [0.25, 0.3) is 0 Å². The van der Waals surface area contributed by atoms with E-state index in [4.69, 9.17) is 11.6 Å². The molecule has 0 bridgehead atoms. The van der Waals surface area contributed by atoms with Crippen molar-refractivity contribution in [2.45, 2.75) is 0 Å². The molecule has 16 heavy (non-hydrogen) atoms. The molecule has 1 aromatic carbocycles. The molecule has 0 aliphatic heterocycles. The van der Waals surface area contributed by atoms with Gasteiger partial charge in [-0.05, 0) is 12.1 Å². The number of H-pyrrole nitrogens is 2. The lowest BCUT2D eigenvalue weighted by Gasteiger charge is -2.04. The molecular formula is C10H8ClN3O2. The van der Waals surface area contributed by atoms with Gasteiger partial charge in [0.25, 0.3) is 11.5 Å². The second-order valence-electron chi connectivity index (χ2n) is 3.11. The Hall–Kier alpha value is -2.01. The molecule has 0 aliphatic rings. The van der Waals surface area contributed by atoms with Crippen molar-refractivity contribution in [3.8, 4) is 0 Å². The van der Waals surface area contributed by atoms with Crippen LogP contribution in [0.15, 0.2) is 35.1 Å². The van der Waals surface area contributed by atoms with Crippen LogP contribution in [0, 0.1) is 0 Å². The summed E-state index contributed by atoms with van der Waals surface area (Å²) in [5.41, 5.74) is 0.297. The molecule has 0 unspecified atom stereocenters. The quantitative estimate of drug-likeness (QED) is 0.742. The molecule has 2 aromatic rings. The third kappa shape index (κ3) is 2.14. The monoisotopic (exact) mass is 237 g/mol. The zero-order valence-electron chi connectivity index (χ0n) is 8.08. The molecule has 0 fully saturated rings. The first kappa shape index (κ1) is 10.5. The number of hydrogen-bond acceptors (Lipinski definition) is 2. The fraction of sp³-hybridized carbons (Fsp3) is 0. The van der Waals surface area contributed by atoms with E-state index >= 15 is 0 Å². The Morgan fingerprint density at radius 2 is 2.00 bits per heavy atom. The number of nitrogens with one attached hydrogen (secondary N) is 3. The second-order valence-corrected chi connectivity index (χ2v) is 3.51. The molecule has 3 N–H and O–H groups in total. The summed E-state index contributed by atoms with van der Waals surface area (Å²) < 4.78 is 0. The van der Waals surface area contributed by atoms with Crippen LogP contribution in [-0.2, 0) is 0 Å². The summed E-state index contributed by atoms with van der Waals surface area (Å²) in [6, 6.07) is 8.02. The Balaban J connectivity index is 2.20. The van der Waals surface area contributed by atoms with E-state index in [9.17, 15) is 9.59 Å². The van der Waals surface area contributed by atoms with Crippen molar-refractivity contribution in [1.82, 2.24) is 10.2 Å². The van der Waals surface area contributed by atoms with Crippen molar-refractivity contribution in [1.29, 1.82) is 0 Å². The maximum atomic E-state index is 11.6. The fourth-order valence-corrected chi connectivity index (χ4v) is 1.39. The number of aromatic nitrogens is 2. The number of amides is 1. The molecule has 0 radical (unpaired) electrons. The molecule has 82 valence electrons. The highest BCUT2D eigenvalue weighted by Crippen LogP contribution is 2.20. The van der Waals surface area contributed by atoms with Gasteiger partial charge in [0.2, 0.25) is 0 Å². The summed E-state index contributed by atoms with van der Waals surface area (Å²) in [7, 11) is 0. The Labute approximate surface area is 95.4 Å². The number of halogens is 1. The van der Waals surface area contributed by atoms with Crippen molar-refractivity contribution < 1.29 is 4.79 Å². The van der Waals surface area contributed by atoms with Gasteiger partial charge in [-0.25, -0.2) is 0 Å². The number of carbonyl (C=O) groups excluding carboxylic acids is 1. The SMILES string of the molecule is O=C(Nc1ccccc1Cl)c1cc(=O)[nH][nH]1. The molecule has 2 rings (SSSR count). The Kier molecular flexibility index (Phi) is 2.78. The van der Waals surface area contributed by atoms with Gasteiger partial charge in [-0.3, -0.25) is 19.8 Å². The van der Waals surface area contributed by atoms with Gasteiger partial charge in [-0.15, -0.1) is 0 Å². The number of carbonyl (C=O) groups is 1. The average molecular weight is 238 g/mol. The molecular weight excluding hydrogens is 230 g/mol. The molecule has 1 aromatic heterocycles. The van der Waals surface area contributed by atoms with Crippen molar-refractivity contribution in [3.05, 3.63) is 51.4 Å². The standard InChI is InChI=1S/C10H8ClN3O2/c11-6-3-1-2-4-7(6)12-10(16)8-5-9(15)14-13-8/h1-5H,(H,12,16)(H2,13,14,15).